The van der Waals surface area contributed by atoms with Gasteiger partial charge in [0.2, 0.25) is 5.91 Å². The summed E-state index contributed by atoms with van der Waals surface area (Å²) in [7, 11) is 0. The topological polar surface area (TPSA) is 128 Å². The molecule has 9 nitrogen and oxygen atoms in total. The van der Waals surface area contributed by atoms with Crippen LogP contribution in [0.1, 0.15) is 38.5 Å². The molecule has 4 aromatic carbocycles. The van der Waals surface area contributed by atoms with Crippen molar-refractivity contribution in [2.24, 2.45) is 0 Å². The SMILES string of the molecule is CCOC(=O)c1c(-c2ccccc2)csc1NC(=O)C(Sc1cccc(NC(=O)c2cccc([N+](=O)[O-])c2)c1)c1ccccc1. The molecule has 1 heterocycles. The van der Waals surface area contributed by atoms with E-state index in [4.69, 9.17) is 4.74 Å². The number of ether oxygens (including phenoxy) is 1. The number of thioether (sulfide) groups is 1. The maximum absolute atomic E-state index is 13.9. The molecule has 0 aliphatic carbocycles. The lowest BCUT2D eigenvalue weighted by molar-refractivity contribution is -0.384. The number of carbonyl (C=O) groups excluding carboxylic acids is 3. The van der Waals surface area contributed by atoms with E-state index in [-0.39, 0.29) is 23.8 Å². The average molecular weight is 638 g/mol. The predicted octanol–water partition coefficient (Wildman–Crippen LogP) is 8.22. The van der Waals surface area contributed by atoms with Crippen LogP contribution in [0.2, 0.25) is 0 Å². The van der Waals surface area contributed by atoms with E-state index < -0.39 is 22.0 Å². The zero-order valence-electron chi connectivity index (χ0n) is 24.0. The first-order chi connectivity index (χ1) is 21.8. The summed E-state index contributed by atoms with van der Waals surface area (Å²) in [6.45, 7) is 1.92. The van der Waals surface area contributed by atoms with E-state index in [9.17, 15) is 24.5 Å². The van der Waals surface area contributed by atoms with Gasteiger partial charge < -0.3 is 15.4 Å². The molecule has 0 spiro atoms. The average Bonchev–Trinajstić information content (AvgIpc) is 3.48. The number of amides is 2. The van der Waals surface area contributed by atoms with E-state index in [2.05, 4.69) is 10.6 Å². The Morgan fingerprint density at radius 1 is 0.889 bits per heavy atom. The number of nitrogens with one attached hydrogen (secondary N) is 2. The smallest absolute Gasteiger partial charge is 0.341 e. The van der Waals surface area contributed by atoms with Gasteiger partial charge in [-0.3, -0.25) is 19.7 Å². The highest BCUT2D eigenvalue weighted by atomic mass is 32.2. The van der Waals surface area contributed by atoms with Crippen molar-refractivity contribution in [1.29, 1.82) is 0 Å². The second-order valence-electron chi connectivity index (χ2n) is 9.63. The fraction of sp³-hybridized carbons (Fsp3) is 0.0882. The maximum Gasteiger partial charge on any atom is 0.341 e. The highest BCUT2D eigenvalue weighted by molar-refractivity contribution is 8.00. The van der Waals surface area contributed by atoms with Crippen LogP contribution >= 0.6 is 23.1 Å². The Kier molecular flexibility index (Phi) is 10.0. The summed E-state index contributed by atoms with van der Waals surface area (Å²) in [6, 6.07) is 31.1. The Balaban J connectivity index is 1.41. The quantitative estimate of drug-likeness (QED) is 0.0646. The van der Waals surface area contributed by atoms with Crippen LogP contribution in [0, 0.1) is 10.1 Å². The number of rotatable bonds is 11. The molecule has 0 radical (unpaired) electrons. The number of esters is 1. The van der Waals surface area contributed by atoms with Crippen molar-refractivity contribution in [2.45, 2.75) is 17.1 Å². The Bertz CT molecular complexity index is 1840. The van der Waals surface area contributed by atoms with Gasteiger partial charge in [-0.1, -0.05) is 72.8 Å². The molecule has 2 N–H and O–H groups in total. The van der Waals surface area contributed by atoms with Gasteiger partial charge in [-0.05, 0) is 42.3 Å². The number of benzene rings is 4. The maximum atomic E-state index is 13.9. The fourth-order valence-corrected chi connectivity index (χ4v) is 6.56. The van der Waals surface area contributed by atoms with Crippen LogP contribution in [-0.2, 0) is 9.53 Å². The van der Waals surface area contributed by atoms with Gasteiger partial charge in [0.15, 0.2) is 0 Å². The normalized spacial score (nSPS) is 11.3. The number of hydrogen-bond acceptors (Lipinski definition) is 8. The second kappa shape index (κ2) is 14.5. The number of non-ortho nitro benzene ring substituents is 1. The van der Waals surface area contributed by atoms with Gasteiger partial charge in [0.05, 0.1) is 11.5 Å². The summed E-state index contributed by atoms with van der Waals surface area (Å²) in [5.41, 5.74) is 2.95. The van der Waals surface area contributed by atoms with Gasteiger partial charge in [-0.25, -0.2) is 4.79 Å². The number of nitro groups is 1. The molecule has 1 unspecified atom stereocenters. The predicted molar refractivity (Wildman–Crippen MR) is 177 cm³/mol. The summed E-state index contributed by atoms with van der Waals surface area (Å²) in [4.78, 5) is 51.1. The van der Waals surface area contributed by atoms with E-state index in [1.165, 1.54) is 47.4 Å². The fourth-order valence-electron chi connectivity index (χ4n) is 4.51. The van der Waals surface area contributed by atoms with Crippen molar-refractivity contribution in [3.8, 4) is 11.1 Å². The second-order valence-corrected chi connectivity index (χ2v) is 11.7. The third-order valence-electron chi connectivity index (χ3n) is 6.60. The Morgan fingerprint density at radius 3 is 2.31 bits per heavy atom. The first-order valence-corrected chi connectivity index (χ1v) is 15.6. The lowest BCUT2D eigenvalue weighted by Crippen LogP contribution is -2.20. The number of nitro benzene ring substituents is 1. The molecule has 5 aromatic rings. The Labute approximate surface area is 267 Å². The van der Waals surface area contributed by atoms with Crippen molar-refractivity contribution >= 4 is 57.3 Å². The summed E-state index contributed by atoms with van der Waals surface area (Å²) in [6.07, 6.45) is 0. The minimum Gasteiger partial charge on any atom is -0.462 e. The van der Waals surface area contributed by atoms with Crippen LogP contribution in [0.4, 0.5) is 16.4 Å². The summed E-state index contributed by atoms with van der Waals surface area (Å²) in [5, 5.41) is 18.4. The van der Waals surface area contributed by atoms with Crippen LogP contribution in [0.3, 0.4) is 0 Å². The largest absolute Gasteiger partial charge is 0.462 e. The Morgan fingerprint density at radius 2 is 1.60 bits per heavy atom. The van der Waals surface area contributed by atoms with E-state index >= 15 is 0 Å². The summed E-state index contributed by atoms with van der Waals surface area (Å²) < 4.78 is 5.35. The highest BCUT2D eigenvalue weighted by Gasteiger charge is 2.27. The zero-order valence-corrected chi connectivity index (χ0v) is 25.6. The van der Waals surface area contributed by atoms with Gasteiger partial charge in [0, 0.05) is 39.2 Å². The van der Waals surface area contributed by atoms with Crippen LogP contribution in [0.15, 0.2) is 119 Å². The van der Waals surface area contributed by atoms with Crippen molar-refractivity contribution in [2.75, 3.05) is 17.2 Å². The molecule has 11 heteroatoms. The Hall–Kier alpha value is -5.26. The first-order valence-electron chi connectivity index (χ1n) is 13.9. The van der Waals surface area contributed by atoms with Crippen molar-refractivity contribution in [1.82, 2.24) is 0 Å². The van der Waals surface area contributed by atoms with Crippen molar-refractivity contribution in [3.05, 3.63) is 141 Å². The molecule has 45 heavy (non-hydrogen) atoms. The van der Waals surface area contributed by atoms with E-state index in [0.29, 0.717) is 26.7 Å². The van der Waals surface area contributed by atoms with Crippen LogP contribution in [0.5, 0.6) is 0 Å². The van der Waals surface area contributed by atoms with Gasteiger partial charge in [-0.2, -0.15) is 0 Å². The third kappa shape index (κ3) is 7.64. The number of hydrogen-bond donors (Lipinski definition) is 2. The zero-order chi connectivity index (χ0) is 31.8. The number of carbonyl (C=O) groups is 3. The molecule has 0 fully saturated rings. The van der Waals surface area contributed by atoms with Crippen LogP contribution in [-0.4, -0.2) is 29.3 Å². The highest BCUT2D eigenvalue weighted by Crippen LogP contribution is 2.40. The molecule has 1 aromatic heterocycles. The van der Waals surface area contributed by atoms with E-state index in [1.54, 1.807) is 25.1 Å². The van der Waals surface area contributed by atoms with Gasteiger partial charge >= 0.3 is 5.97 Å². The third-order valence-corrected chi connectivity index (χ3v) is 8.74. The van der Waals surface area contributed by atoms with Crippen molar-refractivity contribution < 1.29 is 24.0 Å². The van der Waals surface area contributed by atoms with Crippen LogP contribution in [0.25, 0.3) is 11.1 Å². The standard InChI is InChI=1S/C34H27N3O6S2/c1-2-43-34(40)29-28(22-11-5-3-6-12-22)21-44-33(29)36-32(39)30(23-13-7-4-8-14-23)45-27-18-10-16-25(20-27)35-31(38)24-15-9-17-26(19-24)37(41)42/h3-21,30H,2H2,1H3,(H,35,38)(H,36,39). The molecule has 1 atom stereocenters. The molecule has 0 saturated heterocycles. The minimum atomic E-state index is -0.716. The van der Waals surface area contributed by atoms with Crippen LogP contribution < -0.4 is 10.6 Å². The molecule has 226 valence electrons. The van der Waals surface area contributed by atoms with Crippen molar-refractivity contribution in [3.63, 3.8) is 0 Å². The van der Waals surface area contributed by atoms with Gasteiger partial charge in [0.25, 0.3) is 11.6 Å². The molecule has 0 aliphatic rings. The number of nitrogens with zero attached hydrogens (tertiary/aromatic N) is 1. The first kappa shape index (κ1) is 31.2. The van der Waals surface area contributed by atoms with E-state index in [1.807, 2.05) is 72.1 Å². The lowest BCUT2D eigenvalue weighted by Gasteiger charge is -2.18. The van der Waals surface area contributed by atoms with E-state index in [0.717, 1.165) is 11.1 Å². The molecule has 0 bridgehead atoms. The molecule has 0 saturated carbocycles. The number of thiophene rings is 1. The molecular weight excluding hydrogens is 611 g/mol. The molecule has 5 rings (SSSR count). The monoisotopic (exact) mass is 637 g/mol. The molecule has 2 amide bonds. The molecule has 0 aliphatic heterocycles. The number of anilines is 2. The lowest BCUT2D eigenvalue weighted by atomic mass is 10.0. The summed E-state index contributed by atoms with van der Waals surface area (Å²) in [5.74, 6) is -1.37. The van der Waals surface area contributed by atoms with Gasteiger partial charge in [-0.15, -0.1) is 23.1 Å². The molecular formula is C34H27N3O6S2. The van der Waals surface area contributed by atoms with Gasteiger partial charge in [0.1, 0.15) is 15.8 Å². The summed E-state index contributed by atoms with van der Waals surface area (Å²) >= 11 is 2.53. The minimum absolute atomic E-state index is 0.145.